The van der Waals surface area contributed by atoms with Gasteiger partial charge in [-0.25, -0.2) is 0 Å². The number of amides is 1. The summed E-state index contributed by atoms with van der Waals surface area (Å²) in [6.07, 6.45) is 1.17. The Kier molecular flexibility index (Phi) is 5.33. The molecule has 1 saturated heterocycles. The standard InChI is InChI=1S/C18H24N4O3/c1-12(2)17-20-16(21-25-17)10-19-14-6-3-5-13(9-14)18(24)22-8-4-7-15(23)11-22/h3,5-6,9,12,15,19,23H,4,7-8,10-11H2,1-2H3. The molecule has 1 atom stereocenters. The lowest BCUT2D eigenvalue weighted by Crippen LogP contribution is -2.42. The van der Waals surface area contributed by atoms with Gasteiger partial charge in [0.25, 0.3) is 5.91 Å². The first-order valence-electron chi connectivity index (χ1n) is 8.66. The molecule has 25 heavy (non-hydrogen) atoms. The number of anilines is 1. The first-order valence-corrected chi connectivity index (χ1v) is 8.66. The van der Waals surface area contributed by atoms with Gasteiger partial charge in [-0.3, -0.25) is 4.79 Å². The highest BCUT2D eigenvalue weighted by Crippen LogP contribution is 2.17. The van der Waals surface area contributed by atoms with Gasteiger partial charge in [0.05, 0.1) is 12.6 Å². The van der Waals surface area contributed by atoms with Crippen molar-refractivity contribution in [3.63, 3.8) is 0 Å². The zero-order chi connectivity index (χ0) is 17.8. The number of likely N-dealkylation sites (tertiary alicyclic amines) is 1. The van der Waals surface area contributed by atoms with Crippen LogP contribution in [0.3, 0.4) is 0 Å². The molecule has 7 nitrogen and oxygen atoms in total. The van der Waals surface area contributed by atoms with E-state index < -0.39 is 6.10 Å². The van der Waals surface area contributed by atoms with Crippen molar-refractivity contribution >= 4 is 11.6 Å². The molecule has 0 saturated carbocycles. The Morgan fingerprint density at radius 1 is 1.48 bits per heavy atom. The summed E-state index contributed by atoms with van der Waals surface area (Å²) in [5.74, 6) is 1.34. The topological polar surface area (TPSA) is 91.5 Å². The lowest BCUT2D eigenvalue weighted by molar-refractivity contribution is 0.0474. The molecule has 1 aromatic heterocycles. The summed E-state index contributed by atoms with van der Waals surface area (Å²) in [5.41, 5.74) is 1.43. The minimum atomic E-state index is -0.424. The number of nitrogens with zero attached hydrogens (tertiary/aromatic N) is 3. The van der Waals surface area contributed by atoms with E-state index in [2.05, 4.69) is 15.5 Å². The SMILES string of the molecule is CC(C)c1nc(CNc2cccc(C(=O)N3CCCC(O)C3)c2)no1. The molecule has 134 valence electrons. The van der Waals surface area contributed by atoms with Crippen LogP contribution in [0.4, 0.5) is 5.69 Å². The molecule has 0 aliphatic carbocycles. The van der Waals surface area contributed by atoms with Crippen LogP contribution in [0.25, 0.3) is 0 Å². The fourth-order valence-electron chi connectivity index (χ4n) is 2.84. The van der Waals surface area contributed by atoms with Crippen molar-refractivity contribution in [2.24, 2.45) is 0 Å². The zero-order valence-electron chi connectivity index (χ0n) is 14.6. The predicted octanol–water partition coefficient (Wildman–Crippen LogP) is 2.40. The number of benzene rings is 1. The number of aliphatic hydroxyl groups is 1. The van der Waals surface area contributed by atoms with Crippen molar-refractivity contribution in [1.29, 1.82) is 0 Å². The number of nitrogens with one attached hydrogen (secondary N) is 1. The molecular weight excluding hydrogens is 320 g/mol. The summed E-state index contributed by atoms with van der Waals surface area (Å²) in [6, 6.07) is 7.34. The number of rotatable bonds is 5. The minimum absolute atomic E-state index is 0.0518. The van der Waals surface area contributed by atoms with Crippen LogP contribution in [-0.2, 0) is 6.54 Å². The molecule has 3 rings (SSSR count). The van der Waals surface area contributed by atoms with Gasteiger partial charge in [0, 0.05) is 30.3 Å². The maximum absolute atomic E-state index is 12.6. The second-order valence-corrected chi connectivity index (χ2v) is 6.69. The van der Waals surface area contributed by atoms with E-state index in [-0.39, 0.29) is 11.8 Å². The summed E-state index contributed by atoms with van der Waals surface area (Å²) in [4.78, 5) is 18.6. The molecule has 1 unspecified atom stereocenters. The smallest absolute Gasteiger partial charge is 0.254 e. The fourth-order valence-corrected chi connectivity index (χ4v) is 2.84. The van der Waals surface area contributed by atoms with Crippen LogP contribution in [0, 0.1) is 0 Å². The lowest BCUT2D eigenvalue weighted by Gasteiger charge is -2.30. The first kappa shape index (κ1) is 17.4. The Labute approximate surface area is 147 Å². The maximum atomic E-state index is 12.6. The molecule has 1 fully saturated rings. The van der Waals surface area contributed by atoms with Crippen LogP contribution in [0.1, 0.15) is 54.7 Å². The molecular formula is C18H24N4O3. The number of β-amino-alcohol motifs (C(OH)–C–C–N with tert-alkyl or cyclic N) is 1. The Bertz CT molecular complexity index is 729. The van der Waals surface area contributed by atoms with Crippen molar-refractivity contribution in [2.75, 3.05) is 18.4 Å². The maximum Gasteiger partial charge on any atom is 0.254 e. The first-order chi connectivity index (χ1) is 12.0. The van der Waals surface area contributed by atoms with Gasteiger partial charge < -0.3 is 19.8 Å². The summed E-state index contributed by atoms with van der Waals surface area (Å²) < 4.78 is 5.18. The van der Waals surface area contributed by atoms with Gasteiger partial charge in [-0.2, -0.15) is 4.98 Å². The summed E-state index contributed by atoms with van der Waals surface area (Å²) in [7, 11) is 0. The molecule has 2 heterocycles. The van der Waals surface area contributed by atoms with Gasteiger partial charge in [-0.05, 0) is 31.0 Å². The highest BCUT2D eigenvalue weighted by atomic mass is 16.5. The number of piperidine rings is 1. The quantitative estimate of drug-likeness (QED) is 0.865. The van der Waals surface area contributed by atoms with Crippen molar-refractivity contribution in [3.8, 4) is 0 Å². The van der Waals surface area contributed by atoms with Crippen LogP contribution < -0.4 is 5.32 Å². The molecule has 1 aromatic carbocycles. The second-order valence-electron chi connectivity index (χ2n) is 6.69. The summed E-state index contributed by atoms with van der Waals surface area (Å²) in [5, 5.41) is 16.9. The predicted molar refractivity (Wildman–Crippen MR) is 93.3 cm³/mol. The normalized spacial score (nSPS) is 17.8. The van der Waals surface area contributed by atoms with Crippen molar-refractivity contribution in [1.82, 2.24) is 15.0 Å². The number of hydrogen-bond donors (Lipinski definition) is 2. The molecule has 1 aliphatic rings. The minimum Gasteiger partial charge on any atom is -0.391 e. The molecule has 0 radical (unpaired) electrons. The number of carbonyl (C=O) groups is 1. The molecule has 2 N–H and O–H groups in total. The second kappa shape index (κ2) is 7.65. The average molecular weight is 344 g/mol. The highest BCUT2D eigenvalue weighted by Gasteiger charge is 2.23. The van der Waals surface area contributed by atoms with E-state index in [1.165, 1.54) is 0 Å². The largest absolute Gasteiger partial charge is 0.391 e. The van der Waals surface area contributed by atoms with E-state index in [1.807, 2.05) is 32.0 Å². The van der Waals surface area contributed by atoms with E-state index >= 15 is 0 Å². The van der Waals surface area contributed by atoms with Crippen LogP contribution >= 0.6 is 0 Å². The Hall–Kier alpha value is -2.41. The van der Waals surface area contributed by atoms with Gasteiger partial charge in [-0.1, -0.05) is 25.1 Å². The molecule has 2 aromatic rings. The zero-order valence-corrected chi connectivity index (χ0v) is 14.6. The van der Waals surface area contributed by atoms with Gasteiger partial charge in [-0.15, -0.1) is 0 Å². The molecule has 7 heteroatoms. The van der Waals surface area contributed by atoms with E-state index in [1.54, 1.807) is 11.0 Å². The summed E-state index contributed by atoms with van der Waals surface area (Å²) in [6.45, 7) is 5.51. The van der Waals surface area contributed by atoms with Gasteiger partial charge in [0.1, 0.15) is 0 Å². The third-order valence-corrected chi connectivity index (χ3v) is 4.22. The van der Waals surface area contributed by atoms with Crippen LogP contribution in [0.15, 0.2) is 28.8 Å². The Balaban J connectivity index is 1.63. The number of aliphatic hydroxyl groups excluding tert-OH is 1. The van der Waals surface area contributed by atoms with Crippen LogP contribution in [-0.4, -0.2) is 45.2 Å². The third kappa shape index (κ3) is 4.36. The van der Waals surface area contributed by atoms with Crippen molar-refractivity contribution in [2.45, 2.75) is 45.3 Å². The molecule has 0 bridgehead atoms. The fraction of sp³-hybridized carbons (Fsp3) is 0.500. The molecule has 1 aliphatic heterocycles. The highest BCUT2D eigenvalue weighted by molar-refractivity contribution is 5.95. The average Bonchev–Trinajstić information content (AvgIpc) is 3.09. The van der Waals surface area contributed by atoms with Crippen LogP contribution in [0.2, 0.25) is 0 Å². The van der Waals surface area contributed by atoms with E-state index in [0.29, 0.717) is 36.9 Å². The molecule has 0 spiro atoms. The molecule has 1 amide bonds. The monoisotopic (exact) mass is 344 g/mol. The van der Waals surface area contributed by atoms with Crippen LogP contribution in [0.5, 0.6) is 0 Å². The third-order valence-electron chi connectivity index (χ3n) is 4.22. The van der Waals surface area contributed by atoms with E-state index in [9.17, 15) is 9.90 Å². The number of hydrogen-bond acceptors (Lipinski definition) is 6. The van der Waals surface area contributed by atoms with E-state index in [4.69, 9.17) is 4.52 Å². The number of aromatic nitrogens is 2. The Morgan fingerprint density at radius 2 is 2.32 bits per heavy atom. The number of carbonyl (C=O) groups excluding carboxylic acids is 1. The van der Waals surface area contributed by atoms with Gasteiger partial charge in [0.2, 0.25) is 5.89 Å². The lowest BCUT2D eigenvalue weighted by atomic mass is 10.1. The van der Waals surface area contributed by atoms with Gasteiger partial charge in [0.15, 0.2) is 5.82 Å². The Morgan fingerprint density at radius 3 is 3.04 bits per heavy atom. The van der Waals surface area contributed by atoms with Crippen molar-refractivity contribution < 1.29 is 14.4 Å². The summed E-state index contributed by atoms with van der Waals surface area (Å²) >= 11 is 0. The van der Waals surface area contributed by atoms with Gasteiger partial charge >= 0.3 is 0 Å². The van der Waals surface area contributed by atoms with E-state index in [0.717, 1.165) is 18.5 Å². The van der Waals surface area contributed by atoms with Crippen molar-refractivity contribution in [3.05, 3.63) is 41.5 Å².